The molecule has 0 atom stereocenters. The maximum absolute atomic E-state index is 12.5. The Bertz CT molecular complexity index is 1060. The fourth-order valence-electron chi connectivity index (χ4n) is 3.28. The van der Waals surface area contributed by atoms with Crippen LogP contribution in [0.3, 0.4) is 0 Å². The summed E-state index contributed by atoms with van der Waals surface area (Å²) in [5.74, 6) is -0.705. The van der Waals surface area contributed by atoms with E-state index in [0.717, 1.165) is 37.4 Å². The first kappa shape index (κ1) is 20.8. The highest BCUT2D eigenvalue weighted by Crippen LogP contribution is 2.32. The molecule has 1 aliphatic rings. The predicted molar refractivity (Wildman–Crippen MR) is 123 cm³/mol. The maximum atomic E-state index is 12.5. The summed E-state index contributed by atoms with van der Waals surface area (Å²) >= 11 is 1.18. The van der Waals surface area contributed by atoms with Crippen molar-refractivity contribution in [3.8, 4) is 10.6 Å². The Labute approximate surface area is 183 Å². The van der Waals surface area contributed by atoms with Crippen LogP contribution in [0, 0.1) is 0 Å². The van der Waals surface area contributed by atoms with Gasteiger partial charge in [-0.15, -0.1) is 0 Å². The van der Waals surface area contributed by atoms with E-state index in [1.165, 1.54) is 11.3 Å². The van der Waals surface area contributed by atoms with Gasteiger partial charge in [-0.2, -0.15) is 0 Å². The summed E-state index contributed by atoms with van der Waals surface area (Å²) in [6.45, 7) is 4.01. The van der Waals surface area contributed by atoms with E-state index >= 15 is 0 Å². The molecule has 0 spiro atoms. The van der Waals surface area contributed by atoms with Crippen LogP contribution in [0.25, 0.3) is 10.6 Å². The summed E-state index contributed by atoms with van der Waals surface area (Å²) in [6, 6.07) is 10.8. The van der Waals surface area contributed by atoms with E-state index in [-0.39, 0.29) is 5.69 Å². The van der Waals surface area contributed by atoms with Crippen molar-refractivity contribution in [2.75, 3.05) is 48.8 Å². The van der Waals surface area contributed by atoms with Crippen molar-refractivity contribution in [1.82, 2.24) is 14.9 Å². The van der Waals surface area contributed by atoms with Crippen LogP contribution in [0.2, 0.25) is 0 Å². The fourth-order valence-corrected chi connectivity index (χ4v) is 4.25. The summed E-state index contributed by atoms with van der Waals surface area (Å²) < 4.78 is 0. The third-order valence-electron chi connectivity index (χ3n) is 5.01. The minimum absolute atomic E-state index is 0.0253. The van der Waals surface area contributed by atoms with Gasteiger partial charge in [0.2, 0.25) is 0 Å². The van der Waals surface area contributed by atoms with Gasteiger partial charge >= 0.3 is 6.03 Å². The molecule has 31 heavy (non-hydrogen) atoms. The third kappa shape index (κ3) is 4.98. The number of urea groups is 1. The number of thiazole rings is 1. The average Bonchev–Trinajstić information content (AvgIpc) is 3.19. The minimum atomic E-state index is -0.705. The smallest absolute Gasteiger partial charge is 0.324 e. The molecular formula is C21H23N7O2S. The van der Waals surface area contributed by atoms with Crippen LogP contribution < -0.4 is 21.3 Å². The van der Waals surface area contributed by atoms with E-state index in [0.29, 0.717) is 15.7 Å². The fraction of sp³-hybridized carbons (Fsp3) is 0.238. The lowest BCUT2D eigenvalue weighted by Crippen LogP contribution is -2.44. The number of nitrogens with one attached hydrogen (secondary N) is 2. The van der Waals surface area contributed by atoms with Gasteiger partial charge < -0.3 is 20.9 Å². The van der Waals surface area contributed by atoms with Gasteiger partial charge in [0.1, 0.15) is 10.0 Å². The van der Waals surface area contributed by atoms with E-state index in [4.69, 9.17) is 5.73 Å². The maximum Gasteiger partial charge on any atom is 0.324 e. The Hall–Kier alpha value is -3.50. The lowest BCUT2D eigenvalue weighted by atomic mass is 10.2. The molecule has 0 unspecified atom stereocenters. The molecule has 1 fully saturated rings. The lowest BCUT2D eigenvalue weighted by Gasteiger charge is -2.34. The van der Waals surface area contributed by atoms with Gasteiger partial charge in [-0.1, -0.05) is 11.3 Å². The van der Waals surface area contributed by atoms with Crippen LogP contribution in [0.15, 0.2) is 48.8 Å². The third-order valence-corrected chi connectivity index (χ3v) is 6.03. The van der Waals surface area contributed by atoms with Crippen molar-refractivity contribution in [1.29, 1.82) is 0 Å². The monoisotopic (exact) mass is 437 g/mol. The van der Waals surface area contributed by atoms with Crippen LogP contribution >= 0.6 is 11.3 Å². The average molecular weight is 438 g/mol. The molecule has 160 valence electrons. The molecule has 4 rings (SSSR count). The Kier molecular flexibility index (Phi) is 6.10. The first-order valence-electron chi connectivity index (χ1n) is 9.82. The number of primary amides is 1. The first-order chi connectivity index (χ1) is 15.0. The second-order valence-electron chi connectivity index (χ2n) is 7.21. The molecular weight excluding hydrogens is 414 g/mol. The normalized spacial score (nSPS) is 14.3. The van der Waals surface area contributed by atoms with Gasteiger partial charge in [0, 0.05) is 55.5 Å². The summed E-state index contributed by atoms with van der Waals surface area (Å²) in [5, 5.41) is 6.34. The van der Waals surface area contributed by atoms with Gasteiger partial charge in [0.15, 0.2) is 5.69 Å². The molecule has 4 N–H and O–H groups in total. The Morgan fingerprint density at radius 1 is 1.00 bits per heavy atom. The number of piperazine rings is 1. The highest BCUT2D eigenvalue weighted by atomic mass is 32.1. The van der Waals surface area contributed by atoms with Crippen molar-refractivity contribution >= 4 is 39.7 Å². The zero-order valence-electron chi connectivity index (χ0n) is 17.0. The van der Waals surface area contributed by atoms with Crippen molar-refractivity contribution in [3.63, 3.8) is 0 Å². The minimum Gasteiger partial charge on any atom is -0.369 e. The molecule has 0 aliphatic carbocycles. The van der Waals surface area contributed by atoms with Crippen molar-refractivity contribution in [2.45, 2.75) is 0 Å². The first-order valence-corrected chi connectivity index (χ1v) is 10.6. The van der Waals surface area contributed by atoms with Crippen LogP contribution in [-0.4, -0.2) is 60.0 Å². The van der Waals surface area contributed by atoms with Crippen LogP contribution in [0.1, 0.15) is 10.5 Å². The summed E-state index contributed by atoms with van der Waals surface area (Å²) in [5.41, 5.74) is 8.03. The van der Waals surface area contributed by atoms with E-state index in [1.54, 1.807) is 24.5 Å². The molecule has 0 radical (unpaired) electrons. The van der Waals surface area contributed by atoms with Crippen molar-refractivity contribution < 1.29 is 9.59 Å². The van der Waals surface area contributed by atoms with E-state index in [2.05, 4.69) is 37.4 Å². The van der Waals surface area contributed by atoms with Gasteiger partial charge in [0.05, 0.1) is 0 Å². The van der Waals surface area contributed by atoms with E-state index < -0.39 is 11.9 Å². The number of nitrogens with zero attached hydrogens (tertiary/aromatic N) is 4. The Morgan fingerprint density at radius 3 is 2.32 bits per heavy atom. The number of likely N-dealkylation sites (N-methyl/N-ethyl adjacent to an activating group) is 1. The number of nitrogens with two attached hydrogens (primary N) is 1. The van der Waals surface area contributed by atoms with Gasteiger partial charge in [-0.3, -0.25) is 15.1 Å². The standard InChI is InChI=1S/C21H23N7O2S/c1-27-10-12-28(13-11-27)16-4-2-15(3-5-16)24-21(30)26-20-17(18(22)29)25-19(31-20)14-6-8-23-9-7-14/h2-9H,10-13H2,1H3,(H2,22,29)(H2,24,26,30). The number of carbonyl (C=O) groups excluding carboxylic acids is 2. The molecule has 1 aromatic carbocycles. The number of pyridine rings is 1. The second kappa shape index (κ2) is 9.11. The number of aromatic nitrogens is 2. The quantitative estimate of drug-likeness (QED) is 0.565. The topological polar surface area (TPSA) is 116 Å². The molecule has 0 saturated carbocycles. The van der Waals surface area contributed by atoms with E-state index in [9.17, 15) is 9.59 Å². The molecule has 1 aliphatic heterocycles. The number of hydrogen-bond acceptors (Lipinski definition) is 7. The van der Waals surface area contributed by atoms with E-state index in [1.807, 2.05) is 24.3 Å². The zero-order valence-corrected chi connectivity index (χ0v) is 17.9. The molecule has 3 amide bonds. The van der Waals surface area contributed by atoms with Crippen LogP contribution in [0.4, 0.5) is 21.2 Å². The molecule has 2 aromatic heterocycles. The van der Waals surface area contributed by atoms with Crippen molar-refractivity contribution in [2.24, 2.45) is 5.73 Å². The highest BCUT2D eigenvalue weighted by molar-refractivity contribution is 7.19. The molecule has 3 aromatic rings. The van der Waals surface area contributed by atoms with Crippen LogP contribution in [-0.2, 0) is 0 Å². The largest absolute Gasteiger partial charge is 0.369 e. The predicted octanol–water partition coefficient (Wildman–Crippen LogP) is 2.70. The molecule has 0 bridgehead atoms. The Morgan fingerprint density at radius 2 is 1.68 bits per heavy atom. The second-order valence-corrected chi connectivity index (χ2v) is 8.21. The highest BCUT2D eigenvalue weighted by Gasteiger charge is 2.19. The van der Waals surface area contributed by atoms with Gasteiger partial charge in [0.25, 0.3) is 5.91 Å². The summed E-state index contributed by atoms with van der Waals surface area (Å²) in [4.78, 5) is 37.2. The number of anilines is 3. The molecule has 1 saturated heterocycles. The van der Waals surface area contributed by atoms with Gasteiger partial charge in [-0.05, 0) is 43.4 Å². The molecule has 9 nitrogen and oxygen atoms in total. The number of benzene rings is 1. The van der Waals surface area contributed by atoms with Crippen molar-refractivity contribution in [3.05, 3.63) is 54.5 Å². The number of carbonyl (C=O) groups is 2. The number of rotatable bonds is 5. The van der Waals surface area contributed by atoms with Gasteiger partial charge in [-0.25, -0.2) is 9.78 Å². The molecule has 3 heterocycles. The zero-order chi connectivity index (χ0) is 21.8. The summed E-state index contributed by atoms with van der Waals surface area (Å²) in [7, 11) is 2.12. The number of hydrogen-bond donors (Lipinski definition) is 3. The SMILES string of the molecule is CN1CCN(c2ccc(NC(=O)Nc3sc(-c4ccncc4)nc3C(N)=O)cc2)CC1. The lowest BCUT2D eigenvalue weighted by molar-refractivity contribution is 0.0997. The summed E-state index contributed by atoms with van der Waals surface area (Å²) in [6.07, 6.45) is 3.26. The Balaban J connectivity index is 1.43. The molecule has 10 heteroatoms. The number of amides is 3. The van der Waals surface area contributed by atoms with Crippen LogP contribution in [0.5, 0.6) is 0 Å².